The van der Waals surface area contributed by atoms with Crippen molar-refractivity contribution < 1.29 is 27.2 Å². The van der Waals surface area contributed by atoms with Crippen molar-refractivity contribution >= 4 is 16.2 Å². The van der Waals surface area contributed by atoms with Crippen molar-refractivity contribution in [1.29, 1.82) is 0 Å². The van der Waals surface area contributed by atoms with Crippen molar-refractivity contribution in [1.82, 2.24) is 0 Å². The molecule has 0 amide bonds. The zero-order valence-corrected chi connectivity index (χ0v) is 9.69. The molecular weight excluding hydrogens is 251 g/mol. The predicted molar refractivity (Wildman–Crippen MR) is 59.0 cm³/mol. The van der Waals surface area contributed by atoms with Crippen LogP contribution >= 0.6 is 0 Å². The van der Waals surface area contributed by atoms with Gasteiger partial charge in [-0.15, -0.1) is 0 Å². The maximum Gasteiger partial charge on any atom is 0.296 e. The van der Waals surface area contributed by atoms with Gasteiger partial charge in [-0.05, 0) is 23.8 Å². The number of hydrogen-bond donors (Lipinski definition) is 2. The van der Waals surface area contributed by atoms with Gasteiger partial charge in [-0.2, -0.15) is 8.42 Å². The predicted octanol–water partition coefficient (Wildman–Crippen LogP) is 1.32. The van der Waals surface area contributed by atoms with Crippen molar-refractivity contribution in [3.05, 3.63) is 41.4 Å². The lowest BCUT2D eigenvalue weighted by Crippen LogP contribution is -2.11. The Bertz CT molecular complexity index is 523. The molecule has 0 aliphatic rings. The van der Waals surface area contributed by atoms with Crippen LogP contribution < -0.4 is 0 Å². The van der Waals surface area contributed by atoms with E-state index in [2.05, 4.69) is 4.74 Å². The van der Waals surface area contributed by atoms with Gasteiger partial charge in [-0.1, -0.05) is 6.07 Å². The Labute approximate surface area is 97.9 Å². The normalized spacial score (nSPS) is 13.9. The van der Waals surface area contributed by atoms with Gasteiger partial charge in [-0.3, -0.25) is 4.55 Å². The third kappa shape index (κ3) is 3.52. The Morgan fingerprint density at radius 2 is 2.12 bits per heavy atom. The highest BCUT2D eigenvalue weighted by molar-refractivity contribution is 7.85. The van der Waals surface area contributed by atoms with Crippen molar-refractivity contribution in [3.63, 3.8) is 0 Å². The lowest BCUT2D eigenvalue weighted by atomic mass is 10.1. The van der Waals surface area contributed by atoms with E-state index in [0.717, 1.165) is 18.2 Å². The van der Waals surface area contributed by atoms with Gasteiger partial charge in [0, 0.05) is 5.56 Å². The van der Waals surface area contributed by atoms with Crippen LogP contribution in [0.25, 0.3) is 6.08 Å². The maximum atomic E-state index is 13.3. The summed E-state index contributed by atoms with van der Waals surface area (Å²) in [5, 5.41) is 9.28. The smallest absolute Gasteiger partial charge is 0.296 e. The van der Waals surface area contributed by atoms with Gasteiger partial charge in [0.25, 0.3) is 10.1 Å². The number of halogens is 1. The highest BCUT2D eigenvalue weighted by Crippen LogP contribution is 2.21. The third-order valence-corrected chi connectivity index (χ3v) is 2.81. The van der Waals surface area contributed by atoms with Gasteiger partial charge in [0.1, 0.15) is 5.82 Å². The number of rotatable bonds is 4. The fourth-order valence-corrected chi connectivity index (χ4v) is 1.65. The number of methoxy groups -OCH3 is 1. The monoisotopic (exact) mass is 262 g/mol. The first kappa shape index (κ1) is 13.6. The highest BCUT2D eigenvalue weighted by atomic mass is 32.2. The second kappa shape index (κ2) is 5.26. The van der Waals surface area contributed by atoms with Crippen LogP contribution in [0.4, 0.5) is 4.39 Å². The zero-order valence-electron chi connectivity index (χ0n) is 8.87. The summed E-state index contributed by atoms with van der Waals surface area (Å²) in [6.07, 6.45) is 2.46. The minimum atomic E-state index is -4.63. The lowest BCUT2D eigenvalue weighted by molar-refractivity contribution is 0.238. The van der Waals surface area contributed by atoms with Gasteiger partial charge < -0.3 is 9.84 Å². The molecule has 1 unspecified atom stereocenters. The van der Waals surface area contributed by atoms with Crippen LogP contribution in [0.2, 0.25) is 0 Å². The second-order valence-electron chi connectivity index (χ2n) is 3.19. The highest BCUT2D eigenvalue weighted by Gasteiger charge is 2.22. The van der Waals surface area contributed by atoms with E-state index in [1.165, 1.54) is 19.4 Å². The van der Waals surface area contributed by atoms with Crippen LogP contribution in [-0.4, -0.2) is 25.2 Å². The first-order valence-electron chi connectivity index (χ1n) is 4.49. The average Bonchev–Trinajstić information content (AvgIpc) is 2.26. The molecule has 0 bridgehead atoms. The van der Waals surface area contributed by atoms with Crippen LogP contribution in [0.15, 0.2) is 24.5 Å². The topological polar surface area (TPSA) is 83.8 Å². The quantitative estimate of drug-likeness (QED) is 0.631. The molecule has 0 aromatic heterocycles. The van der Waals surface area contributed by atoms with Crippen molar-refractivity contribution in [2.75, 3.05) is 7.11 Å². The standard InChI is InChI=1S/C10H11FO5S/c1-16-5-4-7-6-8(2-3-9(7)11)10(12)17(13,14)15/h2-6,10,12H,1H3,(H,13,14,15)/b5-4+. The van der Waals surface area contributed by atoms with E-state index < -0.39 is 21.4 Å². The van der Waals surface area contributed by atoms with E-state index in [9.17, 15) is 17.9 Å². The fourth-order valence-electron chi connectivity index (χ4n) is 1.16. The van der Waals surface area contributed by atoms with Gasteiger partial charge in [-0.25, -0.2) is 4.39 Å². The summed E-state index contributed by atoms with van der Waals surface area (Å²) < 4.78 is 47.9. The van der Waals surface area contributed by atoms with Crippen molar-refractivity contribution in [2.24, 2.45) is 0 Å². The molecule has 1 aromatic rings. The molecule has 0 heterocycles. The number of ether oxygens (including phenoxy) is 1. The molecular formula is C10H11FO5S. The summed E-state index contributed by atoms with van der Waals surface area (Å²) in [7, 11) is -3.26. The van der Waals surface area contributed by atoms with Crippen LogP contribution in [0, 0.1) is 5.82 Å². The minimum Gasteiger partial charge on any atom is -0.504 e. The van der Waals surface area contributed by atoms with Crippen LogP contribution in [0.5, 0.6) is 0 Å². The summed E-state index contributed by atoms with van der Waals surface area (Å²) >= 11 is 0. The number of hydrogen-bond acceptors (Lipinski definition) is 4. The summed E-state index contributed by atoms with van der Waals surface area (Å²) in [6, 6.07) is 3.15. The van der Waals surface area contributed by atoms with Crippen molar-refractivity contribution in [3.8, 4) is 0 Å². The Hall–Kier alpha value is -1.44. The first-order chi connectivity index (χ1) is 7.86. The number of benzene rings is 1. The van der Waals surface area contributed by atoms with E-state index in [1.54, 1.807) is 0 Å². The number of aliphatic hydroxyl groups excluding tert-OH is 1. The van der Waals surface area contributed by atoms with E-state index >= 15 is 0 Å². The van der Waals surface area contributed by atoms with Crippen molar-refractivity contribution in [2.45, 2.75) is 5.44 Å². The summed E-state index contributed by atoms with van der Waals surface area (Å²) in [5.41, 5.74) is -2.20. The molecule has 0 saturated heterocycles. The molecule has 1 atom stereocenters. The van der Waals surface area contributed by atoms with Crippen LogP contribution in [-0.2, 0) is 14.9 Å². The van der Waals surface area contributed by atoms with Crippen LogP contribution in [0.3, 0.4) is 0 Å². The first-order valence-corrected chi connectivity index (χ1v) is 5.99. The molecule has 17 heavy (non-hydrogen) atoms. The molecule has 94 valence electrons. The largest absolute Gasteiger partial charge is 0.504 e. The second-order valence-corrected chi connectivity index (χ2v) is 4.66. The molecule has 7 heteroatoms. The third-order valence-electron chi connectivity index (χ3n) is 1.97. The Morgan fingerprint density at radius 1 is 1.47 bits per heavy atom. The Balaban J connectivity index is 3.17. The van der Waals surface area contributed by atoms with Crippen LogP contribution in [0.1, 0.15) is 16.6 Å². The molecule has 0 aliphatic carbocycles. The molecule has 0 saturated carbocycles. The average molecular weight is 262 g/mol. The van der Waals surface area contributed by atoms with E-state index in [4.69, 9.17) is 4.55 Å². The maximum absolute atomic E-state index is 13.3. The molecule has 0 spiro atoms. The van der Waals surface area contributed by atoms with E-state index in [1.807, 2.05) is 0 Å². The van der Waals surface area contributed by atoms with Gasteiger partial charge in [0.05, 0.1) is 13.4 Å². The van der Waals surface area contributed by atoms with Gasteiger partial charge >= 0.3 is 0 Å². The molecule has 0 radical (unpaired) electrons. The summed E-state index contributed by atoms with van der Waals surface area (Å²) in [5.74, 6) is -0.607. The van der Waals surface area contributed by atoms with Gasteiger partial charge in [0.15, 0.2) is 0 Å². The molecule has 0 aliphatic heterocycles. The number of aliphatic hydroxyl groups is 1. The fraction of sp³-hybridized carbons (Fsp3) is 0.200. The minimum absolute atomic E-state index is 0.0343. The summed E-state index contributed by atoms with van der Waals surface area (Å²) in [4.78, 5) is 0. The summed E-state index contributed by atoms with van der Waals surface area (Å²) in [6.45, 7) is 0. The molecule has 1 rings (SSSR count). The van der Waals surface area contributed by atoms with E-state index in [-0.39, 0.29) is 11.1 Å². The molecule has 1 aromatic carbocycles. The van der Waals surface area contributed by atoms with Gasteiger partial charge in [0.2, 0.25) is 5.44 Å². The molecule has 0 fully saturated rings. The zero-order chi connectivity index (χ0) is 13.1. The van der Waals surface area contributed by atoms with E-state index in [0.29, 0.717) is 0 Å². The lowest BCUT2D eigenvalue weighted by Gasteiger charge is -2.08. The molecule has 2 N–H and O–H groups in total. The molecule has 5 nitrogen and oxygen atoms in total. The Morgan fingerprint density at radius 3 is 2.65 bits per heavy atom. The Kier molecular flexibility index (Phi) is 4.22. The SMILES string of the molecule is CO/C=C/c1cc(C(O)S(=O)(=O)O)ccc1F.